The summed E-state index contributed by atoms with van der Waals surface area (Å²) in [6, 6.07) is 2.09. The molecule has 5 atom stereocenters. The third-order valence-corrected chi connectivity index (χ3v) is 8.23. The summed E-state index contributed by atoms with van der Waals surface area (Å²) >= 11 is 1.41. The second kappa shape index (κ2) is 13.3. The number of cyclic esters (lactones) is 1. The van der Waals surface area contributed by atoms with Gasteiger partial charge in [0, 0.05) is 11.3 Å². The number of carbonyl (C=O) groups excluding carboxylic acids is 3. The van der Waals surface area contributed by atoms with Gasteiger partial charge in [0.05, 0.1) is 29.7 Å². The van der Waals surface area contributed by atoms with Crippen LogP contribution < -0.4 is 0 Å². The number of esters is 1. The van der Waals surface area contributed by atoms with E-state index in [0.717, 1.165) is 36.3 Å². The standard InChI is InChI=1S/C28H40N2O5S/c1-17-8-7-9-18(2)26(33)20(4)27(34)28(5,6)23(31)15-25(32)35-22(11-10-17)19(3)14-21-16-36-24(30-21)12-13-29/h14,16-18,20,22,26,33H,7-12,15H2,1-6H3. The summed E-state index contributed by atoms with van der Waals surface area (Å²) in [5.74, 6) is -1.92. The fourth-order valence-corrected chi connectivity index (χ4v) is 5.38. The van der Waals surface area contributed by atoms with Crippen LogP contribution in [-0.2, 0) is 25.5 Å². The molecule has 0 aromatic carbocycles. The summed E-state index contributed by atoms with van der Waals surface area (Å²) in [5, 5.41) is 22.2. The Morgan fingerprint density at radius 2 is 1.92 bits per heavy atom. The second-order valence-corrected chi connectivity index (χ2v) is 11.8. The number of hydrogen-bond donors (Lipinski definition) is 1. The average Bonchev–Trinajstić information content (AvgIpc) is 3.26. The Balaban J connectivity index is 2.28. The summed E-state index contributed by atoms with van der Waals surface area (Å²) in [4.78, 5) is 43.4. The molecular formula is C28H40N2O5S. The summed E-state index contributed by atoms with van der Waals surface area (Å²) < 4.78 is 5.79. The first-order valence-corrected chi connectivity index (χ1v) is 13.7. The van der Waals surface area contributed by atoms with Gasteiger partial charge in [-0.1, -0.05) is 33.6 Å². The van der Waals surface area contributed by atoms with Gasteiger partial charge in [0.15, 0.2) is 11.6 Å². The van der Waals surface area contributed by atoms with E-state index in [2.05, 4.69) is 18.0 Å². The van der Waals surface area contributed by atoms with E-state index in [4.69, 9.17) is 10.00 Å². The number of nitrogens with zero attached hydrogens (tertiary/aromatic N) is 2. The lowest BCUT2D eigenvalue weighted by molar-refractivity contribution is -0.153. The number of thiazole rings is 1. The molecule has 1 aliphatic rings. The molecule has 1 aliphatic heterocycles. The van der Waals surface area contributed by atoms with Crippen molar-refractivity contribution in [3.8, 4) is 6.07 Å². The van der Waals surface area contributed by atoms with Gasteiger partial charge in [-0.2, -0.15) is 5.26 Å². The fraction of sp³-hybridized carbons (Fsp3) is 0.679. The summed E-state index contributed by atoms with van der Waals surface area (Å²) in [7, 11) is 0. The van der Waals surface area contributed by atoms with E-state index in [9.17, 15) is 19.5 Å². The van der Waals surface area contributed by atoms with E-state index in [1.807, 2.05) is 25.3 Å². The van der Waals surface area contributed by atoms with E-state index in [0.29, 0.717) is 18.0 Å². The highest BCUT2D eigenvalue weighted by atomic mass is 32.1. The molecule has 0 bridgehead atoms. The molecule has 36 heavy (non-hydrogen) atoms. The molecule has 0 amide bonds. The minimum Gasteiger partial charge on any atom is -0.458 e. The van der Waals surface area contributed by atoms with Crippen molar-refractivity contribution < 1.29 is 24.2 Å². The smallest absolute Gasteiger partial charge is 0.313 e. The minimum absolute atomic E-state index is 0.0677. The summed E-state index contributed by atoms with van der Waals surface area (Å²) in [6.45, 7) is 10.7. The quantitative estimate of drug-likeness (QED) is 0.427. The molecule has 0 spiro atoms. The van der Waals surface area contributed by atoms with E-state index in [1.54, 1.807) is 6.92 Å². The van der Waals surface area contributed by atoms with Gasteiger partial charge in [-0.25, -0.2) is 4.98 Å². The van der Waals surface area contributed by atoms with Crippen molar-refractivity contribution in [2.24, 2.45) is 23.2 Å². The predicted molar refractivity (Wildman–Crippen MR) is 140 cm³/mol. The van der Waals surface area contributed by atoms with Gasteiger partial charge in [-0.15, -0.1) is 11.3 Å². The molecule has 0 saturated carbocycles. The van der Waals surface area contributed by atoms with Crippen LogP contribution >= 0.6 is 11.3 Å². The highest BCUT2D eigenvalue weighted by molar-refractivity contribution is 7.09. The number of aliphatic hydroxyl groups is 1. The number of hydrogen-bond acceptors (Lipinski definition) is 8. The minimum atomic E-state index is -1.40. The van der Waals surface area contributed by atoms with Crippen molar-refractivity contribution in [2.75, 3.05) is 0 Å². The number of ether oxygens (including phenoxy) is 1. The Kier molecular flexibility index (Phi) is 11.0. The lowest BCUT2D eigenvalue weighted by Crippen LogP contribution is -2.43. The first-order chi connectivity index (χ1) is 16.9. The number of carbonyl (C=O) groups is 3. The Labute approximate surface area is 219 Å². The van der Waals surface area contributed by atoms with Crippen LogP contribution in [0.3, 0.4) is 0 Å². The van der Waals surface area contributed by atoms with Crippen molar-refractivity contribution in [3.63, 3.8) is 0 Å². The van der Waals surface area contributed by atoms with Crippen LogP contribution in [0.5, 0.6) is 0 Å². The number of aromatic nitrogens is 1. The van der Waals surface area contributed by atoms with Crippen LogP contribution in [0, 0.1) is 34.5 Å². The van der Waals surface area contributed by atoms with Gasteiger partial charge in [-0.3, -0.25) is 14.4 Å². The van der Waals surface area contributed by atoms with Gasteiger partial charge < -0.3 is 9.84 Å². The van der Waals surface area contributed by atoms with Gasteiger partial charge in [0.2, 0.25) is 0 Å². The van der Waals surface area contributed by atoms with Crippen molar-refractivity contribution >= 4 is 34.9 Å². The second-order valence-electron chi connectivity index (χ2n) is 10.8. The van der Waals surface area contributed by atoms with Crippen molar-refractivity contribution in [2.45, 2.75) is 98.7 Å². The van der Waals surface area contributed by atoms with Crippen LogP contribution in [-0.4, -0.2) is 39.8 Å². The molecule has 5 unspecified atom stereocenters. The molecule has 0 radical (unpaired) electrons. The van der Waals surface area contributed by atoms with Crippen molar-refractivity contribution in [1.29, 1.82) is 5.26 Å². The van der Waals surface area contributed by atoms with Crippen LogP contribution in [0.15, 0.2) is 11.0 Å². The maximum atomic E-state index is 13.1. The van der Waals surface area contributed by atoms with E-state index < -0.39 is 41.7 Å². The summed E-state index contributed by atoms with van der Waals surface area (Å²) in [5.41, 5.74) is 0.130. The highest BCUT2D eigenvalue weighted by Crippen LogP contribution is 2.31. The Bertz CT molecular complexity index is 1010. The van der Waals surface area contributed by atoms with Gasteiger partial charge in [0.1, 0.15) is 17.5 Å². The lowest BCUT2D eigenvalue weighted by atomic mass is 9.73. The van der Waals surface area contributed by atoms with Gasteiger partial charge >= 0.3 is 5.97 Å². The zero-order chi connectivity index (χ0) is 27.0. The summed E-state index contributed by atoms with van der Waals surface area (Å²) in [6.07, 6.45) is 4.39. The number of Topliss-reactive ketones (excluding diaryl/α,β-unsaturated/α-hetero) is 2. The Morgan fingerprint density at radius 3 is 2.58 bits per heavy atom. The first-order valence-electron chi connectivity index (χ1n) is 12.8. The molecule has 198 valence electrons. The largest absolute Gasteiger partial charge is 0.458 e. The third kappa shape index (κ3) is 8.07. The maximum Gasteiger partial charge on any atom is 0.313 e. The molecule has 1 saturated heterocycles. The number of nitriles is 1. The van der Waals surface area contributed by atoms with Gasteiger partial charge in [-0.05, 0) is 63.5 Å². The van der Waals surface area contributed by atoms with Crippen LogP contribution in [0.4, 0.5) is 0 Å². The molecule has 1 fully saturated rings. The number of ketones is 2. The Hall–Kier alpha value is -2.37. The average molecular weight is 517 g/mol. The molecule has 1 aromatic rings. The molecule has 1 aromatic heterocycles. The Morgan fingerprint density at radius 1 is 1.22 bits per heavy atom. The molecular weight excluding hydrogens is 476 g/mol. The van der Waals surface area contributed by atoms with Crippen LogP contribution in [0.1, 0.15) is 90.8 Å². The zero-order valence-electron chi connectivity index (χ0n) is 22.4. The fourth-order valence-electron chi connectivity index (χ4n) is 4.69. The normalized spacial score (nSPS) is 29.4. The van der Waals surface area contributed by atoms with Crippen molar-refractivity contribution in [3.05, 3.63) is 21.7 Å². The number of aliphatic hydroxyl groups excluding tert-OH is 1. The molecule has 7 nitrogen and oxygen atoms in total. The predicted octanol–water partition coefficient (Wildman–Crippen LogP) is 5.31. The molecule has 1 N–H and O–H groups in total. The topological polar surface area (TPSA) is 117 Å². The first kappa shape index (κ1) is 29.9. The SMILES string of the molecule is CC(=Cc1csc(CC#N)n1)C1CCC(C)CCCC(C)C(O)C(C)C(=O)C(C)(C)C(=O)CC(=O)O1. The third-order valence-electron chi connectivity index (χ3n) is 7.36. The number of rotatable bonds is 3. The van der Waals surface area contributed by atoms with Crippen LogP contribution in [0.25, 0.3) is 6.08 Å². The van der Waals surface area contributed by atoms with Crippen LogP contribution in [0.2, 0.25) is 0 Å². The van der Waals surface area contributed by atoms with E-state index >= 15 is 0 Å². The molecule has 2 heterocycles. The lowest BCUT2D eigenvalue weighted by Gasteiger charge is -2.31. The molecule has 8 heteroatoms. The molecule has 0 aliphatic carbocycles. The zero-order valence-corrected chi connectivity index (χ0v) is 23.2. The highest BCUT2D eigenvalue weighted by Gasteiger charge is 2.42. The monoisotopic (exact) mass is 516 g/mol. The maximum absolute atomic E-state index is 13.1. The van der Waals surface area contributed by atoms with Gasteiger partial charge in [0.25, 0.3) is 0 Å². The van der Waals surface area contributed by atoms with E-state index in [-0.39, 0.29) is 18.1 Å². The van der Waals surface area contributed by atoms with E-state index in [1.165, 1.54) is 25.2 Å². The molecule has 2 rings (SSSR count). The van der Waals surface area contributed by atoms with Crippen molar-refractivity contribution in [1.82, 2.24) is 4.98 Å².